The number of para-hydroxylation sites is 1. The van der Waals surface area contributed by atoms with Crippen molar-refractivity contribution >= 4 is 5.69 Å². The number of benzene rings is 1. The van der Waals surface area contributed by atoms with Gasteiger partial charge in [-0.3, -0.25) is 0 Å². The highest BCUT2D eigenvalue weighted by atomic mass is 19.4. The summed E-state index contributed by atoms with van der Waals surface area (Å²) in [5, 5.41) is 3.23. The summed E-state index contributed by atoms with van der Waals surface area (Å²) in [5.41, 5.74) is 2.56. The van der Waals surface area contributed by atoms with E-state index < -0.39 is 12.7 Å². The molecule has 0 saturated heterocycles. The first-order valence-electron chi connectivity index (χ1n) is 6.00. The Morgan fingerprint density at radius 3 is 2.78 bits per heavy atom. The quantitative estimate of drug-likeness (QED) is 0.833. The summed E-state index contributed by atoms with van der Waals surface area (Å²) in [7, 11) is 0. The highest BCUT2D eigenvalue weighted by Gasteiger charge is 2.33. The molecule has 18 heavy (non-hydrogen) atoms. The fourth-order valence-corrected chi connectivity index (χ4v) is 2.45. The molecule has 1 heterocycles. The molecule has 0 aromatic heterocycles. The summed E-state index contributed by atoms with van der Waals surface area (Å²) in [4.78, 5) is 1.44. The van der Waals surface area contributed by atoms with Crippen molar-refractivity contribution in [1.29, 1.82) is 0 Å². The van der Waals surface area contributed by atoms with Crippen molar-refractivity contribution in [3.63, 3.8) is 0 Å². The van der Waals surface area contributed by atoms with Gasteiger partial charge in [0.15, 0.2) is 0 Å². The van der Waals surface area contributed by atoms with Crippen molar-refractivity contribution in [3.05, 3.63) is 29.3 Å². The molecule has 0 amide bonds. The van der Waals surface area contributed by atoms with Crippen molar-refractivity contribution < 1.29 is 13.2 Å². The number of nitrogens with zero attached hydrogens (tertiary/aromatic N) is 1. The van der Waals surface area contributed by atoms with Crippen LogP contribution in [-0.2, 0) is 6.54 Å². The van der Waals surface area contributed by atoms with E-state index >= 15 is 0 Å². The van der Waals surface area contributed by atoms with Gasteiger partial charge in [0.25, 0.3) is 0 Å². The third kappa shape index (κ3) is 2.96. The second kappa shape index (κ2) is 4.80. The molecular formula is C13H17F3N2. The average Bonchev–Trinajstić information content (AvgIpc) is 2.37. The molecule has 1 aliphatic rings. The number of rotatable bonds is 1. The van der Waals surface area contributed by atoms with Crippen LogP contribution < -0.4 is 10.2 Å². The van der Waals surface area contributed by atoms with Crippen LogP contribution in [-0.4, -0.2) is 25.3 Å². The van der Waals surface area contributed by atoms with E-state index in [4.69, 9.17) is 0 Å². The lowest BCUT2D eigenvalue weighted by atomic mass is 10.1. The molecule has 0 bridgehead atoms. The lowest BCUT2D eigenvalue weighted by Crippen LogP contribution is -2.41. The van der Waals surface area contributed by atoms with E-state index in [2.05, 4.69) is 5.32 Å². The summed E-state index contributed by atoms with van der Waals surface area (Å²) in [6.07, 6.45) is -4.18. The molecule has 2 nitrogen and oxygen atoms in total. The topological polar surface area (TPSA) is 15.3 Å². The lowest BCUT2D eigenvalue weighted by molar-refractivity contribution is -0.119. The number of anilines is 1. The summed E-state index contributed by atoms with van der Waals surface area (Å²) >= 11 is 0. The zero-order valence-electron chi connectivity index (χ0n) is 10.5. The molecule has 1 N–H and O–H groups in total. The number of fused-ring (bicyclic) bond motifs is 1. The van der Waals surface area contributed by atoms with Gasteiger partial charge in [-0.05, 0) is 25.0 Å². The van der Waals surface area contributed by atoms with E-state index in [0.717, 1.165) is 16.8 Å². The Hall–Kier alpha value is -1.23. The van der Waals surface area contributed by atoms with E-state index in [9.17, 15) is 13.2 Å². The van der Waals surface area contributed by atoms with E-state index in [-0.39, 0.29) is 6.04 Å². The van der Waals surface area contributed by atoms with Crippen LogP contribution in [0.5, 0.6) is 0 Å². The molecule has 1 atom stereocenters. The number of aryl methyl sites for hydroxylation is 1. The Bertz CT molecular complexity index is 429. The Balaban J connectivity index is 2.38. The van der Waals surface area contributed by atoms with E-state index in [0.29, 0.717) is 13.1 Å². The predicted molar refractivity (Wildman–Crippen MR) is 65.7 cm³/mol. The van der Waals surface area contributed by atoms with Gasteiger partial charge in [0.2, 0.25) is 0 Å². The van der Waals surface area contributed by atoms with Crippen molar-refractivity contribution in [2.24, 2.45) is 0 Å². The maximum Gasteiger partial charge on any atom is 0.405 e. The minimum Gasteiger partial charge on any atom is -0.361 e. The van der Waals surface area contributed by atoms with Gasteiger partial charge in [0.1, 0.15) is 6.54 Å². The first kappa shape index (κ1) is 13.2. The van der Waals surface area contributed by atoms with Gasteiger partial charge in [-0.2, -0.15) is 13.2 Å². The molecule has 1 aromatic rings. The zero-order chi connectivity index (χ0) is 13.3. The number of halogens is 3. The average molecular weight is 258 g/mol. The SMILES string of the molecule is Cc1cccc2c1N(CC(F)(F)F)CC(C)NC2. The maximum absolute atomic E-state index is 12.7. The van der Waals surface area contributed by atoms with Gasteiger partial charge in [0.05, 0.1) is 0 Å². The van der Waals surface area contributed by atoms with Crippen molar-refractivity contribution in [1.82, 2.24) is 5.32 Å². The Kier molecular flexibility index (Phi) is 3.52. The van der Waals surface area contributed by atoms with Gasteiger partial charge in [-0.25, -0.2) is 0 Å². The van der Waals surface area contributed by atoms with E-state index in [1.54, 1.807) is 0 Å². The first-order chi connectivity index (χ1) is 8.37. The number of hydrogen-bond donors (Lipinski definition) is 1. The molecule has 0 fully saturated rings. The van der Waals surface area contributed by atoms with Crippen LogP contribution in [0.1, 0.15) is 18.1 Å². The molecule has 1 unspecified atom stereocenters. The number of hydrogen-bond acceptors (Lipinski definition) is 2. The van der Waals surface area contributed by atoms with Crippen LogP contribution in [0.4, 0.5) is 18.9 Å². The maximum atomic E-state index is 12.7. The van der Waals surface area contributed by atoms with E-state index in [1.807, 2.05) is 32.0 Å². The fourth-order valence-electron chi connectivity index (χ4n) is 2.45. The third-order valence-electron chi connectivity index (χ3n) is 3.14. The van der Waals surface area contributed by atoms with Crippen LogP contribution in [0.3, 0.4) is 0 Å². The van der Waals surface area contributed by atoms with Gasteiger partial charge >= 0.3 is 6.18 Å². The second-order valence-electron chi connectivity index (χ2n) is 4.86. The van der Waals surface area contributed by atoms with Crippen LogP contribution in [0, 0.1) is 6.92 Å². The third-order valence-corrected chi connectivity index (χ3v) is 3.14. The highest BCUT2D eigenvalue weighted by molar-refractivity contribution is 5.60. The Morgan fingerprint density at radius 1 is 1.39 bits per heavy atom. The van der Waals surface area contributed by atoms with Gasteiger partial charge in [-0.1, -0.05) is 18.2 Å². The number of nitrogens with one attached hydrogen (secondary N) is 1. The van der Waals surface area contributed by atoms with Crippen molar-refractivity contribution in [2.45, 2.75) is 32.6 Å². The Labute approximate surface area is 105 Å². The molecule has 0 spiro atoms. The molecule has 0 aliphatic carbocycles. The molecule has 0 saturated carbocycles. The molecule has 5 heteroatoms. The highest BCUT2D eigenvalue weighted by Crippen LogP contribution is 2.30. The largest absolute Gasteiger partial charge is 0.405 e. The Morgan fingerprint density at radius 2 is 2.11 bits per heavy atom. The van der Waals surface area contributed by atoms with Gasteiger partial charge in [0, 0.05) is 24.8 Å². The molecule has 100 valence electrons. The second-order valence-corrected chi connectivity index (χ2v) is 4.86. The smallest absolute Gasteiger partial charge is 0.361 e. The monoisotopic (exact) mass is 258 g/mol. The predicted octanol–water partition coefficient (Wildman–Crippen LogP) is 2.86. The summed E-state index contributed by atoms with van der Waals surface area (Å²) < 4.78 is 38.0. The molecule has 2 rings (SSSR count). The van der Waals surface area contributed by atoms with Crippen LogP contribution in [0.25, 0.3) is 0 Å². The normalized spacial score (nSPS) is 20.5. The molecule has 1 aromatic carbocycles. The first-order valence-corrected chi connectivity index (χ1v) is 6.00. The molecular weight excluding hydrogens is 241 g/mol. The van der Waals surface area contributed by atoms with E-state index in [1.165, 1.54) is 4.90 Å². The fraction of sp³-hybridized carbons (Fsp3) is 0.538. The van der Waals surface area contributed by atoms with Crippen LogP contribution >= 0.6 is 0 Å². The minimum atomic E-state index is -4.18. The summed E-state index contributed by atoms with van der Waals surface area (Å²) in [6.45, 7) is 3.86. The van der Waals surface area contributed by atoms with Gasteiger partial charge < -0.3 is 10.2 Å². The van der Waals surface area contributed by atoms with Gasteiger partial charge in [-0.15, -0.1) is 0 Å². The summed E-state index contributed by atoms with van der Waals surface area (Å²) in [5.74, 6) is 0. The van der Waals surface area contributed by atoms with Crippen LogP contribution in [0.15, 0.2) is 18.2 Å². The molecule has 0 radical (unpaired) electrons. The number of alkyl halides is 3. The minimum absolute atomic E-state index is 0.0409. The van der Waals surface area contributed by atoms with Crippen LogP contribution in [0.2, 0.25) is 0 Å². The van der Waals surface area contributed by atoms with Crippen molar-refractivity contribution in [2.75, 3.05) is 18.0 Å². The summed E-state index contributed by atoms with van der Waals surface area (Å²) in [6, 6.07) is 5.67. The lowest BCUT2D eigenvalue weighted by Gasteiger charge is -2.28. The standard InChI is InChI=1S/C13H17F3N2/c1-9-4-3-5-11-6-17-10(2)7-18(12(9)11)8-13(14,15)16/h3-5,10,17H,6-8H2,1-2H3. The molecule has 1 aliphatic heterocycles. The van der Waals surface area contributed by atoms with Crippen molar-refractivity contribution in [3.8, 4) is 0 Å². The zero-order valence-corrected chi connectivity index (χ0v) is 10.5.